The van der Waals surface area contributed by atoms with Gasteiger partial charge in [-0.2, -0.15) is 13.9 Å². The smallest absolute Gasteiger partial charge is 0.387 e. The maximum atomic E-state index is 13.5. The van der Waals surface area contributed by atoms with E-state index in [1.54, 1.807) is 18.5 Å². The Morgan fingerprint density at radius 3 is 2.80 bits per heavy atom. The van der Waals surface area contributed by atoms with Gasteiger partial charge in [-0.3, -0.25) is 9.48 Å². The molecule has 3 aromatic rings. The van der Waals surface area contributed by atoms with E-state index < -0.39 is 12.5 Å². The molecule has 0 spiro atoms. The van der Waals surface area contributed by atoms with E-state index in [0.717, 1.165) is 37.1 Å². The minimum absolute atomic E-state index is 0.113. The quantitative estimate of drug-likeness (QED) is 0.246. The number of amides is 1. The lowest BCUT2D eigenvalue weighted by Gasteiger charge is -2.26. The zero-order chi connectivity index (χ0) is 28.6. The number of ether oxygens (including phenoxy) is 1. The van der Waals surface area contributed by atoms with Gasteiger partial charge in [-0.1, -0.05) is 18.7 Å². The number of carbonyl (C=O) groups is 1. The summed E-state index contributed by atoms with van der Waals surface area (Å²) in [6.07, 6.45) is 10.8. The molecule has 1 amide bonds. The van der Waals surface area contributed by atoms with E-state index in [1.165, 1.54) is 30.4 Å². The molecule has 0 saturated heterocycles. The van der Waals surface area contributed by atoms with Crippen LogP contribution >= 0.6 is 0 Å². The van der Waals surface area contributed by atoms with Crippen molar-refractivity contribution in [3.05, 3.63) is 61.1 Å². The zero-order valence-corrected chi connectivity index (χ0v) is 22.9. The van der Waals surface area contributed by atoms with Crippen LogP contribution in [0.2, 0.25) is 0 Å². The van der Waals surface area contributed by atoms with Gasteiger partial charge in [0.15, 0.2) is 5.75 Å². The molecule has 1 aliphatic rings. The number of fused-ring (bicyclic) bond motifs is 1. The average molecular weight is 553 g/mol. The lowest BCUT2D eigenvalue weighted by molar-refractivity contribution is -0.111. The zero-order valence-electron chi connectivity index (χ0n) is 22.9. The topological polar surface area (TPSA) is 100 Å². The summed E-state index contributed by atoms with van der Waals surface area (Å²) in [5, 5.41) is 10.3. The minimum atomic E-state index is -3.07. The molecule has 2 aromatic heterocycles. The minimum Gasteiger partial charge on any atom is -0.433 e. The van der Waals surface area contributed by atoms with Crippen LogP contribution in [0.3, 0.4) is 0 Å². The highest BCUT2D eigenvalue weighted by atomic mass is 19.3. The van der Waals surface area contributed by atoms with Crippen LogP contribution in [0.25, 0.3) is 11.3 Å². The number of benzene rings is 1. The van der Waals surface area contributed by atoms with Crippen molar-refractivity contribution in [2.75, 3.05) is 49.8 Å². The van der Waals surface area contributed by atoms with Gasteiger partial charge in [0.1, 0.15) is 0 Å². The molecule has 2 N–H and O–H groups in total. The molecule has 0 saturated carbocycles. The fourth-order valence-corrected chi connectivity index (χ4v) is 4.40. The van der Waals surface area contributed by atoms with Crippen molar-refractivity contribution in [1.29, 1.82) is 0 Å². The second-order valence-electron chi connectivity index (χ2n) is 9.63. The number of rotatable bonds is 12. The lowest BCUT2D eigenvalue weighted by Crippen LogP contribution is -2.29. The molecule has 0 bridgehead atoms. The second-order valence-corrected chi connectivity index (χ2v) is 9.63. The summed E-state index contributed by atoms with van der Waals surface area (Å²) in [5.41, 5.74) is 3.76. The molecular formula is C28H34F2N8O2. The first-order chi connectivity index (χ1) is 19.2. The van der Waals surface area contributed by atoms with Crippen molar-refractivity contribution in [2.24, 2.45) is 0 Å². The first-order valence-corrected chi connectivity index (χ1v) is 13.0. The largest absolute Gasteiger partial charge is 0.433 e. The summed E-state index contributed by atoms with van der Waals surface area (Å²) in [5.74, 6) is -0.331. The van der Waals surface area contributed by atoms with Crippen molar-refractivity contribution in [3.8, 4) is 17.0 Å². The number of aryl methyl sites for hydroxylation is 1. The number of hydrogen-bond donors (Lipinski definition) is 2. The fourth-order valence-electron chi connectivity index (χ4n) is 4.40. The molecule has 0 fully saturated rings. The van der Waals surface area contributed by atoms with Gasteiger partial charge in [0.05, 0.1) is 29.0 Å². The second kappa shape index (κ2) is 13.2. The van der Waals surface area contributed by atoms with Crippen LogP contribution < -0.4 is 20.3 Å². The van der Waals surface area contributed by atoms with Crippen LogP contribution in [0.1, 0.15) is 18.5 Å². The maximum absolute atomic E-state index is 13.5. The third-order valence-electron chi connectivity index (χ3n) is 6.41. The Bertz CT molecular complexity index is 1370. The van der Waals surface area contributed by atoms with E-state index in [9.17, 15) is 13.6 Å². The number of alkyl halides is 2. The summed E-state index contributed by atoms with van der Waals surface area (Å²) < 4.78 is 33.9. The third kappa shape index (κ3) is 7.20. The summed E-state index contributed by atoms with van der Waals surface area (Å²) in [6, 6.07) is 4.79. The van der Waals surface area contributed by atoms with Gasteiger partial charge in [-0.15, -0.1) is 0 Å². The molecule has 12 heteroatoms. The molecule has 212 valence electrons. The molecule has 1 aliphatic heterocycles. The molecule has 10 nitrogen and oxygen atoms in total. The average Bonchev–Trinajstić information content (AvgIpc) is 3.36. The molecule has 0 radical (unpaired) electrons. The Kier molecular flexibility index (Phi) is 9.43. The van der Waals surface area contributed by atoms with E-state index in [0.29, 0.717) is 30.2 Å². The number of nitrogens with one attached hydrogen (secondary N) is 2. The van der Waals surface area contributed by atoms with Crippen LogP contribution in [0, 0.1) is 0 Å². The van der Waals surface area contributed by atoms with Gasteiger partial charge in [-0.25, -0.2) is 9.97 Å². The summed E-state index contributed by atoms with van der Waals surface area (Å²) >= 11 is 0. The Labute approximate surface area is 232 Å². The Balaban J connectivity index is 1.71. The van der Waals surface area contributed by atoms with Crippen LogP contribution in [0.4, 0.5) is 31.8 Å². The monoisotopic (exact) mass is 552 g/mol. The van der Waals surface area contributed by atoms with E-state index in [1.807, 2.05) is 35.6 Å². The van der Waals surface area contributed by atoms with Gasteiger partial charge in [-0.05, 0) is 45.5 Å². The number of hydrogen-bond acceptors (Lipinski definition) is 8. The Hall–Kier alpha value is -4.32. The van der Waals surface area contributed by atoms with Crippen LogP contribution in [0.15, 0.2) is 55.4 Å². The van der Waals surface area contributed by atoms with E-state index in [2.05, 4.69) is 32.3 Å². The Morgan fingerprint density at radius 2 is 2.05 bits per heavy atom. The molecule has 4 rings (SSSR count). The molecule has 1 aromatic carbocycles. The predicted octanol–water partition coefficient (Wildman–Crippen LogP) is 4.70. The Morgan fingerprint density at radius 1 is 1.23 bits per heavy atom. The van der Waals surface area contributed by atoms with Crippen LogP contribution in [-0.4, -0.2) is 71.4 Å². The van der Waals surface area contributed by atoms with Crippen LogP contribution in [-0.2, 0) is 17.8 Å². The lowest BCUT2D eigenvalue weighted by atomic mass is 10.0. The first-order valence-electron chi connectivity index (χ1n) is 13.0. The summed E-state index contributed by atoms with van der Waals surface area (Å²) in [4.78, 5) is 25.3. The summed E-state index contributed by atoms with van der Waals surface area (Å²) in [7, 11) is 5.68. The van der Waals surface area contributed by atoms with Gasteiger partial charge < -0.3 is 25.2 Å². The molecule has 0 atom stereocenters. The molecular weight excluding hydrogens is 518 g/mol. The number of allylic oxidation sites excluding steroid dienone is 2. The number of likely N-dealkylation sites (N-methyl/N-ethyl adjacent to an activating group) is 2. The predicted molar refractivity (Wildman–Crippen MR) is 152 cm³/mol. The number of halogens is 2. The maximum Gasteiger partial charge on any atom is 0.387 e. The van der Waals surface area contributed by atoms with Crippen molar-refractivity contribution >= 4 is 28.9 Å². The SMILES string of the molecule is C=C/C=C\C(=O)Nc1cc(Nc2nccc(-c3cnn4c3CCCC4)n2)c(OC(F)F)cc1N(C)CCN(C)C. The number of aromatic nitrogens is 4. The highest BCUT2D eigenvalue weighted by Crippen LogP contribution is 2.39. The normalized spacial score (nSPS) is 13.0. The molecule has 0 aliphatic carbocycles. The molecule has 3 heterocycles. The summed E-state index contributed by atoms with van der Waals surface area (Å²) in [6.45, 7) is 2.65. The third-order valence-corrected chi connectivity index (χ3v) is 6.41. The molecule has 0 unspecified atom stereocenters. The first kappa shape index (κ1) is 28.7. The van der Waals surface area contributed by atoms with Gasteiger partial charge in [0, 0.05) is 56.3 Å². The van der Waals surface area contributed by atoms with Crippen molar-refractivity contribution in [2.45, 2.75) is 32.4 Å². The van der Waals surface area contributed by atoms with Crippen LogP contribution in [0.5, 0.6) is 5.75 Å². The van der Waals surface area contributed by atoms with E-state index in [4.69, 9.17) is 4.74 Å². The van der Waals surface area contributed by atoms with Crippen molar-refractivity contribution in [1.82, 2.24) is 24.6 Å². The number of anilines is 4. The van der Waals surface area contributed by atoms with Gasteiger partial charge >= 0.3 is 6.61 Å². The number of carbonyl (C=O) groups excluding carboxylic acids is 1. The van der Waals surface area contributed by atoms with Crippen molar-refractivity contribution in [3.63, 3.8) is 0 Å². The van der Waals surface area contributed by atoms with Gasteiger partial charge in [0.2, 0.25) is 11.9 Å². The fraction of sp³-hybridized carbons (Fsp3) is 0.357. The number of nitrogens with zero attached hydrogens (tertiary/aromatic N) is 6. The van der Waals surface area contributed by atoms with Crippen molar-refractivity contribution < 1.29 is 18.3 Å². The highest BCUT2D eigenvalue weighted by Gasteiger charge is 2.20. The molecule has 40 heavy (non-hydrogen) atoms. The van der Waals surface area contributed by atoms with E-state index in [-0.39, 0.29) is 17.4 Å². The highest BCUT2D eigenvalue weighted by molar-refractivity contribution is 6.02. The van der Waals surface area contributed by atoms with Gasteiger partial charge in [0.25, 0.3) is 0 Å². The van der Waals surface area contributed by atoms with E-state index >= 15 is 0 Å². The standard InChI is InChI=1S/C28H34F2N8O2/c1-5-6-10-26(39)33-21-16-22(25(40-27(29)30)17-24(21)37(4)15-14-36(2)3)35-28-31-12-11-20(34-28)19-18-32-38-13-8-7-9-23(19)38/h5-6,10-12,16-18,27H,1,7-9,13-15H2,2-4H3,(H,33,39)(H,31,34,35)/b10-6-.